The van der Waals surface area contributed by atoms with Gasteiger partial charge in [0.1, 0.15) is 6.33 Å². The number of hydrogen-bond donors (Lipinski definition) is 1. The summed E-state index contributed by atoms with van der Waals surface area (Å²) in [6.45, 7) is 2.57. The molecule has 1 saturated heterocycles. The number of halogens is 2. The van der Waals surface area contributed by atoms with Crippen molar-refractivity contribution < 1.29 is 4.79 Å². The highest BCUT2D eigenvalue weighted by Crippen LogP contribution is 2.25. The van der Waals surface area contributed by atoms with Gasteiger partial charge in [0, 0.05) is 18.1 Å². The Morgan fingerprint density at radius 1 is 1.36 bits per heavy atom. The predicted molar refractivity (Wildman–Crippen MR) is 98.6 cm³/mol. The van der Waals surface area contributed by atoms with Gasteiger partial charge in [-0.2, -0.15) is 4.68 Å². The SMILES string of the molecule is CNCCC1CCN(C(=O)c2cc(Cl)ccc2-n2cnnn2)CC1.Cl. The van der Waals surface area contributed by atoms with Gasteiger partial charge in [-0.1, -0.05) is 11.6 Å². The molecule has 7 nitrogen and oxygen atoms in total. The zero-order valence-corrected chi connectivity index (χ0v) is 15.6. The minimum atomic E-state index is -0.0185. The molecule has 1 N–H and O–H groups in total. The third-order valence-corrected chi connectivity index (χ3v) is 4.72. The van der Waals surface area contributed by atoms with Crippen molar-refractivity contribution in [2.45, 2.75) is 19.3 Å². The van der Waals surface area contributed by atoms with Gasteiger partial charge in [0.2, 0.25) is 0 Å². The number of rotatable bonds is 5. The summed E-state index contributed by atoms with van der Waals surface area (Å²) in [6, 6.07) is 5.19. The van der Waals surface area contributed by atoms with Crippen LogP contribution < -0.4 is 5.32 Å². The molecule has 1 aromatic heterocycles. The highest BCUT2D eigenvalue weighted by atomic mass is 35.5. The van der Waals surface area contributed by atoms with E-state index in [1.54, 1.807) is 18.2 Å². The summed E-state index contributed by atoms with van der Waals surface area (Å²) in [6.07, 6.45) is 4.71. The smallest absolute Gasteiger partial charge is 0.256 e. The second-order valence-electron chi connectivity index (χ2n) is 6.04. The van der Waals surface area contributed by atoms with Crippen LogP contribution in [0.5, 0.6) is 0 Å². The van der Waals surface area contributed by atoms with Gasteiger partial charge in [-0.25, -0.2) is 0 Å². The maximum atomic E-state index is 13.0. The third-order valence-electron chi connectivity index (χ3n) is 4.49. The van der Waals surface area contributed by atoms with Crippen LogP contribution in [0.1, 0.15) is 29.6 Å². The van der Waals surface area contributed by atoms with Gasteiger partial charge in [-0.05, 0) is 67.4 Å². The lowest BCUT2D eigenvalue weighted by atomic mass is 9.93. The monoisotopic (exact) mass is 384 g/mol. The summed E-state index contributed by atoms with van der Waals surface area (Å²) >= 11 is 6.10. The number of carbonyl (C=O) groups is 1. The zero-order valence-electron chi connectivity index (χ0n) is 14.1. The van der Waals surface area contributed by atoms with Crippen LogP contribution >= 0.6 is 24.0 Å². The number of carbonyl (C=O) groups excluding carboxylic acids is 1. The van der Waals surface area contributed by atoms with E-state index in [9.17, 15) is 4.79 Å². The normalized spacial score (nSPS) is 15.0. The fourth-order valence-electron chi connectivity index (χ4n) is 3.09. The highest BCUT2D eigenvalue weighted by molar-refractivity contribution is 6.31. The van der Waals surface area contributed by atoms with Crippen LogP contribution in [0.25, 0.3) is 5.69 Å². The Kier molecular flexibility index (Phi) is 7.16. The quantitative estimate of drug-likeness (QED) is 0.854. The lowest BCUT2D eigenvalue weighted by Crippen LogP contribution is -2.39. The van der Waals surface area contributed by atoms with Gasteiger partial charge in [0.15, 0.2) is 0 Å². The fraction of sp³-hybridized carbons (Fsp3) is 0.500. The van der Waals surface area contributed by atoms with E-state index in [1.165, 1.54) is 11.0 Å². The van der Waals surface area contributed by atoms with E-state index in [0.29, 0.717) is 22.2 Å². The van der Waals surface area contributed by atoms with E-state index in [1.807, 2.05) is 11.9 Å². The fourth-order valence-corrected chi connectivity index (χ4v) is 3.27. The summed E-state index contributed by atoms with van der Waals surface area (Å²) in [5.74, 6) is 0.662. The first-order valence-corrected chi connectivity index (χ1v) is 8.53. The molecule has 1 aromatic carbocycles. The van der Waals surface area contributed by atoms with Crippen molar-refractivity contribution in [3.8, 4) is 5.69 Å². The minimum absolute atomic E-state index is 0. The molecule has 136 valence electrons. The maximum absolute atomic E-state index is 13.0. The Labute approximate surface area is 158 Å². The Bertz CT molecular complexity index is 686. The molecule has 2 heterocycles. The molecule has 0 aliphatic carbocycles. The Morgan fingerprint density at radius 2 is 2.12 bits per heavy atom. The largest absolute Gasteiger partial charge is 0.339 e. The molecule has 0 radical (unpaired) electrons. The lowest BCUT2D eigenvalue weighted by Gasteiger charge is -2.32. The molecule has 0 saturated carbocycles. The summed E-state index contributed by atoms with van der Waals surface area (Å²) in [4.78, 5) is 14.9. The van der Waals surface area contributed by atoms with E-state index in [4.69, 9.17) is 11.6 Å². The second kappa shape index (κ2) is 9.12. The van der Waals surface area contributed by atoms with Crippen molar-refractivity contribution in [3.63, 3.8) is 0 Å². The van der Waals surface area contributed by atoms with Gasteiger partial charge in [0.05, 0.1) is 11.3 Å². The van der Waals surface area contributed by atoms with E-state index in [0.717, 1.165) is 38.9 Å². The van der Waals surface area contributed by atoms with Crippen LogP contribution in [0.3, 0.4) is 0 Å². The Balaban J connectivity index is 0.00000225. The number of benzene rings is 1. The molecule has 0 spiro atoms. The molecule has 2 aromatic rings. The van der Waals surface area contributed by atoms with Gasteiger partial charge in [-0.15, -0.1) is 17.5 Å². The molecule has 0 bridgehead atoms. The predicted octanol–water partition coefficient (Wildman–Crippen LogP) is 2.20. The second-order valence-corrected chi connectivity index (χ2v) is 6.48. The summed E-state index contributed by atoms with van der Waals surface area (Å²) in [5, 5.41) is 14.9. The molecule has 25 heavy (non-hydrogen) atoms. The van der Waals surface area contributed by atoms with E-state index < -0.39 is 0 Å². The van der Waals surface area contributed by atoms with Gasteiger partial charge < -0.3 is 10.2 Å². The van der Waals surface area contributed by atoms with Crippen LogP contribution in [0.4, 0.5) is 0 Å². The van der Waals surface area contributed by atoms with Crippen molar-refractivity contribution in [1.29, 1.82) is 0 Å². The number of nitrogens with one attached hydrogen (secondary N) is 1. The lowest BCUT2D eigenvalue weighted by molar-refractivity contribution is 0.0687. The van der Waals surface area contributed by atoms with E-state index in [2.05, 4.69) is 20.8 Å². The number of hydrogen-bond acceptors (Lipinski definition) is 5. The van der Waals surface area contributed by atoms with Crippen LogP contribution in [0.15, 0.2) is 24.5 Å². The topological polar surface area (TPSA) is 75.9 Å². The first-order valence-electron chi connectivity index (χ1n) is 8.16. The van der Waals surface area contributed by atoms with Crippen molar-refractivity contribution in [1.82, 2.24) is 30.4 Å². The molecule has 1 aliphatic heterocycles. The van der Waals surface area contributed by atoms with Crippen molar-refractivity contribution >= 4 is 29.9 Å². The van der Waals surface area contributed by atoms with Gasteiger partial charge >= 0.3 is 0 Å². The Hall–Kier alpha value is -1.70. The van der Waals surface area contributed by atoms with Crippen molar-refractivity contribution in [2.24, 2.45) is 5.92 Å². The van der Waals surface area contributed by atoms with Gasteiger partial charge in [-0.3, -0.25) is 4.79 Å². The number of amides is 1. The summed E-state index contributed by atoms with van der Waals surface area (Å²) in [5.41, 5.74) is 1.18. The molecular formula is C16H22Cl2N6O. The highest BCUT2D eigenvalue weighted by Gasteiger charge is 2.25. The molecule has 9 heteroatoms. The minimum Gasteiger partial charge on any atom is -0.339 e. The molecule has 0 unspecified atom stereocenters. The molecule has 1 aliphatic rings. The molecule has 3 rings (SSSR count). The van der Waals surface area contributed by atoms with Crippen LogP contribution in [0.2, 0.25) is 5.02 Å². The molecule has 1 fully saturated rings. The number of nitrogens with zero attached hydrogens (tertiary/aromatic N) is 5. The average Bonchev–Trinajstić information content (AvgIpc) is 3.14. The van der Waals surface area contributed by atoms with Crippen molar-refractivity contribution in [2.75, 3.05) is 26.7 Å². The first kappa shape index (κ1) is 19.6. The molecular weight excluding hydrogens is 363 g/mol. The first-order chi connectivity index (χ1) is 11.7. The molecule has 0 atom stereocenters. The van der Waals surface area contributed by atoms with E-state index >= 15 is 0 Å². The zero-order chi connectivity index (χ0) is 16.9. The summed E-state index contributed by atoms with van der Waals surface area (Å²) < 4.78 is 1.49. The van der Waals surface area contributed by atoms with Crippen molar-refractivity contribution in [3.05, 3.63) is 35.1 Å². The third kappa shape index (κ3) is 4.68. The summed E-state index contributed by atoms with van der Waals surface area (Å²) in [7, 11) is 1.97. The average molecular weight is 385 g/mol. The van der Waals surface area contributed by atoms with Gasteiger partial charge in [0.25, 0.3) is 5.91 Å². The Morgan fingerprint density at radius 3 is 2.76 bits per heavy atom. The van der Waals surface area contributed by atoms with E-state index in [-0.39, 0.29) is 18.3 Å². The number of likely N-dealkylation sites (tertiary alicyclic amines) is 1. The number of aromatic nitrogens is 4. The van der Waals surface area contributed by atoms with Crippen LogP contribution in [-0.4, -0.2) is 57.7 Å². The standard InChI is InChI=1S/C16H21ClN6O.ClH/c1-18-7-4-12-5-8-22(9-6-12)16(24)14-10-13(17)2-3-15(14)23-11-19-20-21-23;/h2-3,10-12,18H,4-9H2,1H3;1H. The number of tetrazole rings is 1. The number of piperidine rings is 1. The van der Waals surface area contributed by atoms with Crippen LogP contribution in [0, 0.1) is 5.92 Å². The maximum Gasteiger partial charge on any atom is 0.256 e. The van der Waals surface area contributed by atoms with Crippen LogP contribution in [-0.2, 0) is 0 Å². The molecule has 1 amide bonds.